The van der Waals surface area contributed by atoms with Gasteiger partial charge in [-0.1, -0.05) is 11.8 Å². The van der Waals surface area contributed by atoms with Crippen LogP contribution in [0.3, 0.4) is 0 Å². The highest BCUT2D eigenvalue weighted by Gasteiger charge is 2.15. The predicted octanol–water partition coefficient (Wildman–Crippen LogP) is 2.51. The van der Waals surface area contributed by atoms with E-state index >= 15 is 0 Å². The number of hydrogen-bond donors (Lipinski definition) is 1. The number of nitrogens with one attached hydrogen (secondary N) is 1. The minimum Gasteiger partial charge on any atom is -0.493 e. The minimum absolute atomic E-state index is 0.175. The number of aromatic nitrogens is 2. The number of rotatable bonds is 9. The predicted molar refractivity (Wildman–Crippen MR) is 117 cm³/mol. The second-order valence-electron chi connectivity index (χ2n) is 6.03. The first-order valence-corrected chi connectivity index (χ1v) is 10.4. The van der Waals surface area contributed by atoms with Crippen molar-refractivity contribution in [2.75, 3.05) is 34.1 Å². The summed E-state index contributed by atoms with van der Waals surface area (Å²) in [7, 11) is 4.64. The Hall–Kier alpha value is -3.19. The van der Waals surface area contributed by atoms with Gasteiger partial charge in [0.25, 0.3) is 5.56 Å². The van der Waals surface area contributed by atoms with Crippen molar-refractivity contribution in [1.29, 1.82) is 5.26 Å². The zero-order chi connectivity index (χ0) is 21.9. The van der Waals surface area contributed by atoms with Gasteiger partial charge in [0, 0.05) is 24.7 Å². The quantitative estimate of drug-likeness (QED) is 0.212. The van der Waals surface area contributed by atoms with Crippen LogP contribution in [0, 0.1) is 11.5 Å². The lowest BCUT2D eigenvalue weighted by Crippen LogP contribution is -2.22. The molecule has 2 rings (SSSR count). The first-order chi connectivity index (χ1) is 14.6. The molecular weight excluding hydrogens is 406 g/mol. The van der Waals surface area contributed by atoms with Gasteiger partial charge < -0.3 is 14.2 Å². The normalized spacial score (nSPS) is 11.0. The summed E-state index contributed by atoms with van der Waals surface area (Å²) in [5.74, 6) is 1.52. The monoisotopic (exact) mass is 431 g/mol. The van der Waals surface area contributed by atoms with E-state index < -0.39 is 0 Å². The third-order valence-corrected chi connectivity index (χ3v) is 4.83. The maximum absolute atomic E-state index is 12.2. The summed E-state index contributed by atoms with van der Waals surface area (Å²) in [6.07, 6.45) is 5.19. The van der Waals surface area contributed by atoms with Crippen LogP contribution in [0.1, 0.15) is 12.8 Å². The summed E-state index contributed by atoms with van der Waals surface area (Å²) >= 11 is 1.38. The van der Waals surface area contributed by atoms with Crippen LogP contribution in [-0.4, -0.2) is 49.1 Å². The third-order valence-electron chi connectivity index (χ3n) is 4.22. The van der Waals surface area contributed by atoms with E-state index in [1.54, 1.807) is 39.5 Å². The first-order valence-electron chi connectivity index (χ1n) is 9.20. The summed E-state index contributed by atoms with van der Waals surface area (Å²) in [5.41, 5.74) is 1.19. The first kappa shape index (κ1) is 23.1. The van der Waals surface area contributed by atoms with Crippen LogP contribution in [0.2, 0.25) is 0 Å². The number of thioether (sulfide) groups is 1. The molecule has 0 spiro atoms. The van der Waals surface area contributed by atoms with E-state index in [-0.39, 0.29) is 5.56 Å². The molecule has 30 heavy (non-hydrogen) atoms. The van der Waals surface area contributed by atoms with E-state index in [0.29, 0.717) is 41.2 Å². The van der Waals surface area contributed by atoms with Crippen molar-refractivity contribution in [3.8, 4) is 34.7 Å². The van der Waals surface area contributed by atoms with Crippen LogP contribution in [0.5, 0.6) is 17.2 Å². The smallest absolute Gasteiger partial charge is 0.266 e. The lowest BCUT2D eigenvalue weighted by molar-refractivity contribution is 0.324. The minimum atomic E-state index is -0.175. The van der Waals surface area contributed by atoms with Gasteiger partial charge in [0.1, 0.15) is 0 Å². The number of methoxy groups -OCH3 is 3. The molecule has 160 valence electrons. The summed E-state index contributed by atoms with van der Waals surface area (Å²) in [6, 6.07) is 6.74. The number of nitriles is 1. The van der Waals surface area contributed by atoms with Gasteiger partial charge in [0.15, 0.2) is 22.9 Å². The molecule has 0 amide bonds. The van der Waals surface area contributed by atoms with Gasteiger partial charge in [0.05, 0.1) is 27.0 Å². The molecule has 10 heteroatoms. The fourth-order valence-corrected chi connectivity index (χ4v) is 3.12. The summed E-state index contributed by atoms with van der Waals surface area (Å²) in [5, 5.41) is 16.2. The molecule has 1 N–H and O–H groups in total. The number of aryl methyl sites for hydroxylation is 1. The number of nitrogens with zero attached hydrogens (tertiary/aromatic N) is 4. The van der Waals surface area contributed by atoms with Crippen molar-refractivity contribution in [1.82, 2.24) is 15.1 Å². The summed E-state index contributed by atoms with van der Waals surface area (Å²) < 4.78 is 17.6. The molecule has 0 saturated heterocycles. The van der Waals surface area contributed by atoms with E-state index in [4.69, 9.17) is 19.5 Å². The fraction of sp³-hybridized carbons (Fsp3) is 0.400. The van der Waals surface area contributed by atoms with E-state index in [1.165, 1.54) is 22.5 Å². The summed E-state index contributed by atoms with van der Waals surface area (Å²) in [4.78, 5) is 16.5. The molecule has 1 heterocycles. The van der Waals surface area contributed by atoms with Crippen LogP contribution in [-0.2, 0) is 6.54 Å². The van der Waals surface area contributed by atoms with Crippen LogP contribution in [0.25, 0.3) is 11.3 Å². The highest BCUT2D eigenvalue weighted by Crippen LogP contribution is 2.40. The van der Waals surface area contributed by atoms with Gasteiger partial charge in [-0.2, -0.15) is 10.4 Å². The Morgan fingerprint density at radius 1 is 1.20 bits per heavy atom. The Kier molecular flexibility index (Phi) is 9.03. The Labute approximate surface area is 179 Å². The Balaban J connectivity index is 2.16. The Morgan fingerprint density at radius 3 is 2.47 bits per heavy atom. The second-order valence-corrected chi connectivity index (χ2v) is 6.82. The second kappa shape index (κ2) is 11.7. The van der Waals surface area contributed by atoms with Gasteiger partial charge >= 0.3 is 0 Å². The number of amidine groups is 1. The van der Waals surface area contributed by atoms with Gasteiger partial charge in [0.2, 0.25) is 5.75 Å². The van der Waals surface area contributed by atoms with Gasteiger partial charge in [-0.05, 0) is 37.3 Å². The molecule has 0 bridgehead atoms. The van der Waals surface area contributed by atoms with E-state index in [1.807, 2.05) is 12.4 Å². The molecule has 0 fully saturated rings. The maximum atomic E-state index is 12.2. The number of benzene rings is 1. The largest absolute Gasteiger partial charge is 0.493 e. The number of hydrogen-bond acceptors (Lipinski definition) is 8. The molecule has 0 saturated carbocycles. The zero-order valence-corrected chi connectivity index (χ0v) is 18.3. The van der Waals surface area contributed by atoms with Crippen molar-refractivity contribution in [3.05, 3.63) is 34.6 Å². The lowest BCUT2D eigenvalue weighted by Gasteiger charge is -2.14. The summed E-state index contributed by atoms with van der Waals surface area (Å²) in [6.45, 7) is 1.03. The van der Waals surface area contributed by atoms with Crippen molar-refractivity contribution in [2.24, 2.45) is 4.99 Å². The van der Waals surface area contributed by atoms with E-state index in [2.05, 4.69) is 15.4 Å². The van der Waals surface area contributed by atoms with Crippen molar-refractivity contribution < 1.29 is 14.2 Å². The molecule has 0 aliphatic rings. The van der Waals surface area contributed by atoms with Crippen LogP contribution in [0.4, 0.5) is 0 Å². The molecule has 1 aromatic heterocycles. The molecule has 0 radical (unpaired) electrons. The molecule has 2 aromatic rings. The topological polar surface area (TPSA) is 111 Å². The molecule has 0 aliphatic carbocycles. The lowest BCUT2D eigenvalue weighted by atomic mass is 10.1. The highest BCUT2D eigenvalue weighted by molar-refractivity contribution is 8.13. The highest BCUT2D eigenvalue weighted by atomic mass is 32.2. The third kappa shape index (κ3) is 5.90. The average Bonchev–Trinajstić information content (AvgIpc) is 2.78. The van der Waals surface area contributed by atoms with Crippen LogP contribution >= 0.6 is 11.8 Å². The van der Waals surface area contributed by atoms with Gasteiger partial charge in [-0.25, -0.2) is 4.68 Å². The standard InChI is InChI=1S/C20H25N5O4S/c1-27-16-11-14(12-17(28-2)19(16)29-3)15-7-8-18(26)25(24-15)10-6-5-9-22-20(30-4)23-13-21/h7-8,11-12H,5-6,9-10H2,1-4H3,(H,22,23). The molecule has 0 atom stereocenters. The molecule has 1 aromatic carbocycles. The molecule has 9 nitrogen and oxygen atoms in total. The van der Waals surface area contributed by atoms with E-state index in [9.17, 15) is 4.79 Å². The number of unbranched alkanes of at least 4 members (excludes halogenated alkanes) is 1. The maximum Gasteiger partial charge on any atom is 0.266 e. The van der Waals surface area contributed by atoms with Crippen LogP contribution in [0.15, 0.2) is 34.1 Å². The fourth-order valence-electron chi connectivity index (χ4n) is 2.75. The zero-order valence-electron chi connectivity index (χ0n) is 17.5. The Bertz CT molecular complexity index is 959. The molecule has 0 aliphatic heterocycles. The van der Waals surface area contributed by atoms with Crippen LogP contribution < -0.4 is 25.1 Å². The number of aliphatic imine (C=N–C) groups is 1. The molecule has 0 unspecified atom stereocenters. The van der Waals surface area contributed by atoms with Gasteiger partial charge in [-0.15, -0.1) is 0 Å². The van der Waals surface area contributed by atoms with Crippen molar-refractivity contribution in [3.63, 3.8) is 0 Å². The SMILES string of the molecule is COc1cc(-c2ccc(=O)n(CCCCN=C(NC#N)SC)n2)cc(OC)c1OC. The van der Waals surface area contributed by atoms with Crippen molar-refractivity contribution >= 4 is 16.9 Å². The average molecular weight is 432 g/mol. The van der Waals surface area contributed by atoms with E-state index in [0.717, 1.165) is 18.4 Å². The molecular formula is C20H25N5O4S. The van der Waals surface area contributed by atoms with Gasteiger partial charge in [-0.3, -0.25) is 15.1 Å². The Morgan fingerprint density at radius 2 is 1.90 bits per heavy atom. The van der Waals surface area contributed by atoms with Crippen molar-refractivity contribution in [2.45, 2.75) is 19.4 Å². The number of ether oxygens (including phenoxy) is 3.